The molecular formula is C9H6ClFN2O2. The average Bonchev–Trinajstić information content (AvgIpc) is 2.59. The first-order chi connectivity index (χ1) is 7.09. The van der Waals surface area contributed by atoms with Crippen molar-refractivity contribution >= 4 is 17.5 Å². The topological polar surface area (TPSA) is 72.3 Å². The predicted octanol–water partition coefficient (Wildman–Crippen LogP) is 2.42. The van der Waals surface area contributed by atoms with Crippen LogP contribution in [0.3, 0.4) is 0 Å². The lowest BCUT2D eigenvalue weighted by Crippen LogP contribution is -1.86. The Morgan fingerprint density at radius 3 is 2.80 bits per heavy atom. The molecule has 0 atom stereocenters. The van der Waals surface area contributed by atoms with Crippen LogP contribution < -0.4 is 5.73 Å². The van der Waals surface area contributed by atoms with Crippen LogP contribution in [-0.2, 0) is 0 Å². The summed E-state index contributed by atoms with van der Waals surface area (Å²) >= 11 is 5.64. The molecule has 0 fully saturated rings. The molecule has 1 aromatic carbocycles. The first kappa shape index (κ1) is 9.79. The number of halogens is 2. The lowest BCUT2D eigenvalue weighted by atomic mass is 10.1. The second-order valence-corrected chi connectivity index (χ2v) is 3.27. The van der Waals surface area contributed by atoms with Crippen LogP contribution in [0.25, 0.3) is 11.3 Å². The van der Waals surface area contributed by atoms with Crippen molar-refractivity contribution in [1.29, 1.82) is 0 Å². The Balaban J connectivity index is 2.66. The van der Waals surface area contributed by atoms with Crippen LogP contribution in [0.1, 0.15) is 0 Å². The molecule has 78 valence electrons. The Bertz CT molecular complexity index is 513. The van der Waals surface area contributed by atoms with Gasteiger partial charge in [-0.1, -0.05) is 16.8 Å². The van der Waals surface area contributed by atoms with Crippen molar-refractivity contribution in [3.05, 3.63) is 29.0 Å². The van der Waals surface area contributed by atoms with Crippen molar-refractivity contribution in [2.75, 3.05) is 5.73 Å². The second kappa shape index (κ2) is 3.43. The molecule has 2 rings (SSSR count). The minimum Gasteiger partial charge on any atom is -0.506 e. The number of nitrogens with zero attached hydrogens (tertiary/aromatic N) is 1. The van der Waals surface area contributed by atoms with Crippen LogP contribution in [0.15, 0.2) is 22.7 Å². The van der Waals surface area contributed by atoms with E-state index in [0.29, 0.717) is 0 Å². The van der Waals surface area contributed by atoms with E-state index >= 15 is 0 Å². The summed E-state index contributed by atoms with van der Waals surface area (Å²) in [5, 5.41) is 13.1. The highest BCUT2D eigenvalue weighted by molar-refractivity contribution is 6.32. The van der Waals surface area contributed by atoms with Crippen molar-refractivity contribution in [1.82, 2.24) is 5.16 Å². The summed E-state index contributed by atoms with van der Waals surface area (Å²) in [5.74, 6) is -1.00. The van der Waals surface area contributed by atoms with E-state index in [9.17, 15) is 9.50 Å². The standard InChI is InChI=1S/C9H6ClFN2O2/c10-4-1-2-5(11)8(9(4)14)6-3-7(12)15-13-6/h1-3,14H,12H2. The van der Waals surface area contributed by atoms with Gasteiger partial charge in [-0.05, 0) is 12.1 Å². The molecule has 1 heterocycles. The fraction of sp³-hybridized carbons (Fsp3) is 0. The van der Waals surface area contributed by atoms with Crippen LogP contribution in [0.5, 0.6) is 5.75 Å². The smallest absolute Gasteiger partial charge is 0.222 e. The molecule has 6 heteroatoms. The van der Waals surface area contributed by atoms with Gasteiger partial charge in [0, 0.05) is 6.07 Å². The van der Waals surface area contributed by atoms with Crippen molar-refractivity contribution in [2.24, 2.45) is 0 Å². The molecule has 1 aromatic heterocycles. The van der Waals surface area contributed by atoms with Gasteiger partial charge in [-0.15, -0.1) is 0 Å². The molecule has 0 aliphatic heterocycles. The van der Waals surface area contributed by atoms with Crippen molar-refractivity contribution in [2.45, 2.75) is 0 Å². The second-order valence-electron chi connectivity index (χ2n) is 2.87. The molecule has 0 amide bonds. The Hall–Kier alpha value is -1.75. The van der Waals surface area contributed by atoms with Gasteiger partial charge in [0.1, 0.15) is 17.3 Å². The fourth-order valence-corrected chi connectivity index (χ4v) is 1.35. The molecule has 0 radical (unpaired) electrons. The van der Waals surface area contributed by atoms with E-state index in [-0.39, 0.29) is 27.9 Å². The van der Waals surface area contributed by atoms with Gasteiger partial charge in [-0.25, -0.2) is 4.39 Å². The lowest BCUT2D eigenvalue weighted by molar-refractivity contribution is 0.436. The van der Waals surface area contributed by atoms with E-state index in [4.69, 9.17) is 17.3 Å². The summed E-state index contributed by atoms with van der Waals surface area (Å²) in [4.78, 5) is 0. The van der Waals surface area contributed by atoms with E-state index in [1.807, 2.05) is 0 Å². The maximum Gasteiger partial charge on any atom is 0.222 e. The van der Waals surface area contributed by atoms with E-state index in [1.165, 1.54) is 12.1 Å². The molecule has 15 heavy (non-hydrogen) atoms. The number of anilines is 1. The largest absolute Gasteiger partial charge is 0.506 e. The zero-order chi connectivity index (χ0) is 11.0. The fourth-order valence-electron chi connectivity index (χ4n) is 1.19. The van der Waals surface area contributed by atoms with E-state index in [1.54, 1.807) is 0 Å². The lowest BCUT2D eigenvalue weighted by Gasteiger charge is -2.03. The molecule has 0 unspecified atom stereocenters. The van der Waals surface area contributed by atoms with Gasteiger partial charge in [-0.3, -0.25) is 0 Å². The summed E-state index contributed by atoms with van der Waals surface area (Å²) in [6.45, 7) is 0. The van der Waals surface area contributed by atoms with Gasteiger partial charge in [-0.2, -0.15) is 0 Å². The van der Waals surface area contributed by atoms with Crippen molar-refractivity contribution in [3.63, 3.8) is 0 Å². The van der Waals surface area contributed by atoms with E-state index < -0.39 is 5.82 Å². The maximum absolute atomic E-state index is 13.4. The Morgan fingerprint density at radius 1 is 1.47 bits per heavy atom. The van der Waals surface area contributed by atoms with Crippen molar-refractivity contribution < 1.29 is 14.0 Å². The zero-order valence-corrected chi connectivity index (χ0v) is 8.12. The molecule has 0 aliphatic carbocycles. The number of benzene rings is 1. The summed E-state index contributed by atoms with van der Waals surface area (Å²) < 4.78 is 18.0. The Morgan fingerprint density at radius 2 is 2.20 bits per heavy atom. The van der Waals surface area contributed by atoms with Crippen LogP contribution in [0.2, 0.25) is 5.02 Å². The number of aromatic nitrogens is 1. The molecule has 3 N–H and O–H groups in total. The Labute approximate surface area is 89.1 Å². The zero-order valence-electron chi connectivity index (χ0n) is 7.37. The molecule has 4 nitrogen and oxygen atoms in total. The molecule has 0 saturated heterocycles. The van der Waals surface area contributed by atoms with Gasteiger partial charge < -0.3 is 15.4 Å². The molecule has 2 aromatic rings. The van der Waals surface area contributed by atoms with Gasteiger partial charge >= 0.3 is 0 Å². The number of phenolic OH excluding ortho intramolecular Hbond substituents is 1. The predicted molar refractivity (Wildman–Crippen MR) is 53.0 cm³/mol. The quantitative estimate of drug-likeness (QED) is 0.786. The van der Waals surface area contributed by atoms with Crippen LogP contribution >= 0.6 is 11.6 Å². The SMILES string of the molecule is Nc1cc(-c2c(F)ccc(Cl)c2O)no1. The number of hydrogen-bond acceptors (Lipinski definition) is 4. The highest BCUT2D eigenvalue weighted by Crippen LogP contribution is 2.37. The number of phenols is 1. The highest BCUT2D eigenvalue weighted by atomic mass is 35.5. The van der Waals surface area contributed by atoms with Gasteiger partial charge in [0.15, 0.2) is 0 Å². The summed E-state index contributed by atoms with van der Waals surface area (Å²) in [6, 6.07) is 3.68. The van der Waals surface area contributed by atoms with Crippen LogP contribution in [0, 0.1) is 5.82 Å². The molecule has 0 aliphatic rings. The van der Waals surface area contributed by atoms with Crippen LogP contribution in [0.4, 0.5) is 10.3 Å². The molecule has 0 saturated carbocycles. The highest BCUT2D eigenvalue weighted by Gasteiger charge is 2.17. The third-order valence-electron chi connectivity index (χ3n) is 1.86. The maximum atomic E-state index is 13.4. The molecule has 0 bridgehead atoms. The third kappa shape index (κ3) is 1.61. The number of aromatic hydroxyl groups is 1. The Kier molecular flexibility index (Phi) is 2.24. The number of nitrogen functional groups attached to an aromatic ring is 1. The summed E-state index contributed by atoms with van der Waals surface area (Å²) in [5.41, 5.74) is 5.27. The first-order valence-electron chi connectivity index (χ1n) is 3.99. The number of rotatable bonds is 1. The third-order valence-corrected chi connectivity index (χ3v) is 2.17. The summed E-state index contributed by atoms with van der Waals surface area (Å²) in [7, 11) is 0. The van der Waals surface area contributed by atoms with E-state index in [0.717, 1.165) is 6.07 Å². The van der Waals surface area contributed by atoms with Gasteiger partial charge in [0.25, 0.3) is 0 Å². The first-order valence-corrected chi connectivity index (χ1v) is 4.37. The normalized spacial score (nSPS) is 10.5. The molecule has 0 spiro atoms. The number of hydrogen-bond donors (Lipinski definition) is 2. The summed E-state index contributed by atoms with van der Waals surface area (Å²) in [6.07, 6.45) is 0. The van der Waals surface area contributed by atoms with Gasteiger partial charge in [0.2, 0.25) is 5.88 Å². The number of nitrogens with two attached hydrogens (primary N) is 1. The molecular weight excluding hydrogens is 223 g/mol. The monoisotopic (exact) mass is 228 g/mol. The minimum atomic E-state index is -0.648. The van der Waals surface area contributed by atoms with Gasteiger partial charge in [0.05, 0.1) is 10.6 Å². The van der Waals surface area contributed by atoms with Crippen molar-refractivity contribution in [3.8, 4) is 17.0 Å². The minimum absolute atomic E-state index is 0.0313. The van der Waals surface area contributed by atoms with Crippen LogP contribution in [-0.4, -0.2) is 10.3 Å². The average molecular weight is 229 g/mol. The van der Waals surface area contributed by atoms with E-state index in [2.05, 4.69) is 9.68 Å².